The molecule has 0 unspecified atom stereocenters. The van der Waals surface area contributed by atoms with Crippen LogP contribution in [0.25, 0.3) is 0 Å². The molecule has 2 N–H and O–H groups in total. The van der Waals surface area contributed by atoms with Crippen molar-refractivity contribution in [1.29, 1.82) is 0 Å². The molecule has 5 heteroatoms. The summed E-state index contributed by atoms with van der Waals surface area (Å²) < 4.78 is 5.32. The summed E-state index contributed by atoms with van der Waals surface area (Å²) in [5.41, 5.74) is 1.50. The molecule has 0 atom stereocenters. The first-order valence-electron chi connectivity index (χ1n) is 8.07. The van der Waals surface area contributed by atoms with Crippen molar-refractivity contribution in [2.75, 3.05) is 32.8 Å². The van der Waals surface area contributed by atoms with Gasteiger partial charge in [0.05, 0.1) is 13.2 Å². The van der Waals surface area contributed by atoms with Crippen molar-refractivity contribution in [3.8, 4) is 0 Å². The number of rotatable bonds is 8. The van der Waals surface area contributed by atoms with E-state index in [2.05, 4.69) is 42.5 Å². The molecule has 0 fully saturated rings. The summed E-state index contributed by atoms with van der Waals surface area (Å²) >= 11 is 0. The zero-order valence-corrected chi connectivity index (χ0v) is 16.1. The van der Waals surface area contributed by atoms with Crippen LogP contribution in [0.4, 0.5) is 0 Å². The highest BCUT2D eigenvalue weighted by atomic mass is 127. The van der Waals surface area contributed by atoms with Crippen LogP contribution in [-0.2, 0) is 4.74 Å². The van der Waals surface area contributed by atoms with E-state index in [0.717, 1.165) is 51.6 Å². The summed E-state index contributed by atoms with van der Waals surface area (Å²) in [6, 6.07) is 0. The van der Waals surface area contributed by atoms with Crippen LogP contribution in [0.15, 0.2) is 16.6 Å². The van der Waals surface area contributed by atoms with Gasteiger partial charge in [-0.15, -0.1) is 24.0 Å². The maximum atomic E-state index is 5.32. The van der Waals surface area contributed by atoms with Crippen LogP contribution in [-0.4, -0.2) is 38.8 Å². The summed E-state index contributed by atoms with van der Waals surface area (Å²) in [5.74, 6) is 1.65. The molecule has 0 aromatic heterocycles. The van der Waals surface area contributed by atoms with E-state index in [4.69, 9.17) is 4.74 Å². The number of guanidine groups is 1. The van der Waals surface area contributed by atoms with Crippen molar-refractivity contribution in [2.45, 2.75) is 46.5 Å². The Balaban J connectivity index is 0.00000400. The fourth-order valence-corrected chi connectivity index (χ4v) is 2.24. The molecule has 0 bridgehead atoms. The van der Waals surface area contributed by atoms with Gasteiger partial charge >= 0.3 is 0 Å². The Hall–Kier alpha value is -0.300. The van der Waals surface area contributed by atoms with Crippen molar-refractivity contribution >= 4 is 29.9 Å². The fraction of sp³-hybridized carbons (Fsp3) is 0.812. The van der Waals surface area contributed by atoms with Crippen LogP contribution in [0.5, 0.6) is 0 Å². The van der Waals surface area contributed by atoms with Gasteiger partial charge in [-0.3, -0.25) is 4.99 Å². The number of nitrogens with one attached hydrogen (secondary N) is 2. The SMILES string of the molecule is CCNC(=NCC(CC)CC)NCCC1=CCOCC1.I. The van der Waals surface area contributed by atoms with Gasteiger partial charge in [0.2, 0.25) is 0 Å². The van der Waals surface area contributed by atoms with E-state index in [0.29, 0.717) is 5.92 Å². The fourth-order valence-electron chi connectivity index (χ4n) is 2.24. The lowest BCUT2D eigenvalue weighted by Gasteiger charge is -2.16. The Morgan fingerprint density at radius 1 is 1.29 bits per heavy atom. The smallest absolute Gasteiger partial charge is 0.191 e. The molecule has 0 saturated carbocycles. The topological polar surface area (TPSA) is 45.7 Å². The minimum atomic E-state index is 0. The molecular weight excluding hydrogens is 377 g/mol. The summed E-state index contributed by atoms with van der Waals surface area (Å²) in [6.45, 7) is 11.0. The molecule has 0 aromatic carbocycles. The standard InChI is InChI=1S/C16H31N3O.HI/c1-4-14(5-2)13-19-16(17-6-3)18-10-7-15-8-11-20-12-9-15;/h8,14H,4-7,9-13H2,1-3H3,(H2,17,18,19);1H. The van der Waals surface area contributed by atoms with Gasteiger partial charge in [0.1, 0.15) is 0 Å². The second kappa shape index (κ2) is 13.4. The molecule has 1 aliphatic rings. The van der Waals surface area contributed by atoms with Gasteiger partial charge in [-0.25, -0.2) is 0 Å². The van der Waals surface area contributed by atoms with E-state index in [1.807, 2.05) is 0 Å². The van der Waals surface area contributed by atoms with Crippen LogP contribution in [0.3, 0.4) is 0 Å². The number of nitrogens with zero attached hydrogens (tertiary/aromatic N) is 1. The molecule has 124 valence electrons. The van der Waals surface area contributed by atoms with E-state index in [1.165, 1.54) is 18.4 Å². The van der Waals surface area contributed by atoms with Crippen LogP contribution in [0.2, 0.25) is 0 Å². The zero-order valence-electron chi connectivity index (χ0n) is 13.8. The van der Waals surface area contributed by atoms with Gasteiger partial charge in [-0.05, 0) is 25.7 Å². The predicted molar refractivity (Wildman–Crippen MR) is 102 cm³/mol. The van der Waals surface area contributed by atoms with Crippen molar-refractivity contribution < 1.29 is 4.74 Å². The third-order valence-electron chi connectivity index (χ3n) is 3.80. The highest BCUT2D eigenvalue weighted by Crippen LogP contribution is 2.10. The van der Waals surface area contributed by atoms with E-state index >= 15 is 0 Å². The molecule has 21 heavy (non-hydrogen) atoms. The van der Waals surface area contributed by atoms with Crippen molar-refractivity contribution in [3.63, 3.8) is 0 Å². The maximum Gasteiger partial charge on any atom is 0.191 e. The number of hydrogen-bond acceptors (Lipinski definition) is 2. The number of ether oxygens (including phenoxy) is 1. The lowest BCUT2D eigenvalue weighted by atomic mass is 10.0. The van der Waals surface area contributed by atoms with Gasteiger partial charge in [0.15, 0.2) is 5.96 Å². The zero-order chi connectivity index (χ0) is 14.6. The second-order valence-corrected chi connectivity index (χ2v) is 5.27. The lowest BCUT2D eigenvalue weighted by Crippen LogP contribution is -2.38. The third kappa shape index (κ3) is 9.34. The van der Waals surface area contributed by atoms with E-state index in [-0.39, 0.29) is 24.0 Å². The predicted octanol–water partition coefficient (Wildman–Crippen LogP) is 3.33. The Morgan fingerprint density at radius 3 is 2.62 bits per heavy atom. The van der Waals surface area contributed by atoms with Gasteiger partial charge in [-0.2, -0.15) is 0 Å². The van der Waals surface area contributed by atoms with Crippen LogP contribution in [0.1, 0.15) is 46.5 Å². The first-order chi connectivity index (χ1) is 9.80. The van der Waals surface area contributed by atoms with Crippen molar-refractivity contribution in [3.05, 3.63) is 11.6 Å². The summed E-state index contributed by atoms with van der Waals surface area (Å²) in [7, 11) is 0. The second-order valence-electron chi connectivity index (χ2n) is 5.27. The van der Waals surface area contributed by atoms with Crippen molar-refractivity contribution in [2.24, 2.45) is 10.9 Å². The first-order valence-corrected chi connectivity index (χ1v) is 8.07. The lowest BCUT2D eigenvalue weighted by molar-refractivity contribution is 0.153. The Morgan fingerprint density at radius 2 is 2.05 bits per heavy atom. The minimum Gasteiger partial charge on any atom is -0.377 e. The third-order valence-corrected chi connectivity index (χ3v) is 3.80. The number of halogens is 1. The van der Waals surface area contributed by atoms with Crippen LogP contribution >= 0.6 is 24.0 Å². The summed E-state index contributed by atoms with van der Waals surface area (Å²) in [4.78, 5) is 4.69. The van der Waals surface area contributed by atoms with Gasteiger partial charge in [0, 0.05) is 19.6 Å². The molecule has 0 amide bonds. The Kier molecular flexibility index (Phi) is 13.2. The van der Waals surface area contributed by atoms with Crippen LogP contribution < -0.4 is 10.6 Å². The molecule has 1 aliphatic heterocycles. The molecule has 4 nitrogen and oxygen atoms in total. The molecule has 1 rings (SSSR count). The molecule has 0 radical (unpaired) electrons. The molecule has 0 aromatic rings. The van der Waals surface area contributed by atoms with Gasteiger partial charge < -0.3 is 15.4 Å². The van der Waals surface area contributed by atoms with Crippen molar-refractivity contribution in [1.82, 2.24) is 10.6 Å². The Bertz CT molecular complexity index is 315. The normalized spacial score (nSPS) is 15.4. The molecular formula is C16H32IN3O. The monoisotopic (exact) mass is 409 g/mol. The average molecular weight is 409 g/mol. The minimum absolute atomic E-state index is 0. The molecule has 1 heterocycles. The summed E-state index contributed by atoms with van der Waals surface area (Å²) in [5, 5.41) is 6.75. The largest absolute Gasteiger partial charge is 0.377 e. The van der Waals surface area contributed by atoms with Gasteiger partial charge in [-0.1, -0.05) is 38.3 Å². The summed E-state index contributed by atoms with van der Waals surface area (Å²) in [6.07, 6.45) is 6.76. The maximum absolute atomic E-state index is 5.32. The number of aliphatic imine (C=N–C) groups is 1. The Labute approximate surface area is 147 Å². The molecule has 0 saturated heterocycles. The quantitative estimate of drug-likeness (QED) is 0.280. The average Bonchev–Trinajstić information content (AvgIpc) is 2.49. The van der Waals surface area contributed by atoms with E-state index < -0.39 is 0 Å². The molecule has 0 spiro atoms. The number of hydrogen-bond donors (Lipinski definition) is 2. The highest BCUT2D eigenvalue weighted by Gasteiger charge is 2.05. The first kappa shape index (κ1) is 20.7. The van der Waals surface area contributed by atoms with Gasteiger partial charge in [0.25, 0.3) is 0 Å². The van der Waals surface area contributed by atoms with E-state index in [9.17, 15) is 0 Å². The van der Waals surface area contributed by atoms with E-state index in [1.54, 1.807) is 0 Å². The molecule has 0 aliphatic carbocycles. The van der Waals surface area contributed by atoms with Crippen LogP contribution in [0, 0.1) is 5.92 Å². The highest BCUT2D eigenvalue weighted by molar-refractivity contribution is 14.0.